The first kappa shape index (κ1) is 16.0. The van der Waals surface area contributed by atoms with Gasteiger partial charge in [0.2, 0.25) is 0 Å². The van der Waals surface area contributed by atoms with Crippen LogP contribution in [0.4, 0.5) is 0 Å². The smallest absolute Gasteiger partial charge is 0.404 e. The molecular formula is C14H21O4P. The van der Waals surface area contributed by atoms with Gasteiger partial charge in [-0.15, -0.1) is 6.58 Å². The van der Waals surface area contributed by atoms with Crippen LogP contribution < -0.4 is 4.52 Å². The third-order valence-corrected chi connectivity index (χ3v) is 3.50. The highest BCUT2D eigenvalue weighted by molar-refractivity contribution is 7.48. The van der Waals surface area contributed by atoms with E-state index in [-0.39, 0.29) is 12.5 Å². The van der Waals surface area contributed by atoms with Gasteiger partial charge in [0.1, 0.15) is 5.75 Å². The molecule has 0 aromatic heterocycles. The number of hydrogen-bond acceptors (Lipinski definition) is 4. The van der Waals surface area contributed by atoms with Gasteiger partial charge in [0, 0.05) is 0 Å². The molecule has 106 valence electrons. The van der Waals surface area contributed by atoms with E-state index in [9.17, 15) is 4.57 Å². The molecule has 0 amide bonds. The van der Waals surface area contributed by atoms with Gasteiger partial charge in [0.05, 0.1) is 13.2 Å². The fourth-order valence-corrected chi connectivity index (χ4v) is 2.56. The van der Waals surface area contributed by atoms with Crippen molar-refractivity contribution in [3.8, 4) is 5.75 Å². The van der Waals surface area contributed by atoms with Gasteiger partial charge in [-0.1, -0.05) is 38.1 Å². The zero-order valence-corrected chi connectivity index (χ0v) is 12.3. The van der Waals surface area contributed by atoms with Crippen molar-refractivity contribution in [3.63, 3.8) is 0 Å². The summed E-state index contributed by atoms with van der Waals surface area (Å²) in [5.41, 5.74) is 0. The predicted molar refractivity (Wildman–Crippen MR) is 76.2 cm³/mol. The molecule has 1 aromatic carbocycles. The van der Waals surface area contributed by atoms with E-state index in [0.29, 0.717) is 18.8 Å². The van der Waals surface area contributed by atoms with Crippen LogP contribution in [-0.4, -0.2) is 13.2 Å². The summed E-state index contributed by atoms with van der Waals surface area (Å²) in [6.45, 7) is 8.10. The number of phosphoric acid groups is 1. The van der Waals surface area contributed by atoms with Crippen molar-refractivity contribution < 1.29 is 18.1 Å². The second-order valence-corrected chi connectivity index (χ2v) is 6.05. The summed E-state index contributed by atoms with van der Waals surface area (Å²) in [6.07, 6.45) is 2.28. The third kappa shape index (κ3) is 6.58. The number of benzene rings is 1. The van der Waals surface area contributed by atoms with Crippen LogP contribution in [0.3, 0.4) is 0 Å². The van der Waals surface area contributed by atoms with Crippen LogP contribution in [0.5, 0.6) is 5.75 Å². The molecule has 5 heteroatoms. The van der Waals surface area contributed by atoms with E-state index in [0.717, 1.165) is 0 Å². The second-order valence-electron chi connectivity index (χ2n) is 4.45. The lowest BCUT2D eigenvalue weighted by atomic mass is 10.2. The Morgan fingerprint density at radius 2 is 1.95 bits per heavy atom. The highest BCUT2D eigenvalue weighted by atomic mass is 31.2. The molecule has 19 heavy (non-hydrogen) atoms. The largest absolute Gasteiger partial charge is 0.530 e. The molecule has 0 saturated carbocycles. The summed E-state index contributed by atoms with van der Waals surface area (Å²) in [5, 5.41) is 0. The van der Waals surface area contributed by atoms with Gasteiger partial charge >= 0.3 is 7.82 Å². The fraction of sp³-hybridized carbons (Fsp3) is 0.429. The van der Waals surface area contributed by atoms with E-state index < -0.39 is 7.82 Å². The van der Waals surface area contributed by atoms with E-state index in [2.05, 4.69) is 6.58 Å². The molecule has 0 radical (unpaired) electrons. The Balaban J connectivity index is 2.67. The summed E-state index contributed by atoms with van der Waals surface area (Å²) in [5.74, 6) is 0.712. The summed E-state index contributed by atoms with van der Waals surface area (Å²) in [7, 11) is -3.57. The first-order valence-electron chi connectivity index (χ1n) is 6.30. The van der Waals surface area contributed by atoms with Gasteiger partial charge in [-0.3, -0.25) is 9.05 Å². The van der Waals surface area contributed by atoms with Crippen molar-refractivity contribution in [3.05, 3.63) is 43.0 Å². The normalized spacial score (nSPS) is 14.1. The Kier molecular flexibility index (Phi) is 6.85. The van der Waals surface area contributed by atoms with Crippen LogP contribution in [0.25, 0.3) is 0 Å². The van der Waals surface area contributed by atoms with E-state index in [1.165, 1.54) is 0 Å². The molecule has 4 nitrogen and oxygen atoms in total. The number of hydrogen-bond donors (Lipinski definition) is 0. The Morgan fingerprint density at radius 3 is 2.53 bits per heavy atom. The van der Waals surface area contributed by atoms with Crippen LogP contribution >= 0.6 is 7.82 Å². The summed E-state index contributed by atoms with van der Waals surface area (Å²) in [4.78, 5) is 0. The molecule has 0 aliphatic rings. The van der Waals surface area contributed by atoms with Crippen molar-refractivity contribution >= 4 is 7.82 Å². The minimum atomic E-state index is -3.57. The van der Waals surface area contributed by atoms with Gasteiger partial charge in [0.25, 0.3) is 0 Å². The molecule has 0 aliphatic carbocycles. The highest BCUT2D eigenvalue weighted by Gasteiger charge is 2.28. The lowest BCUT2D eigenvalue weighted by molar-refractivity contribution is 0.144. The van der Waals surface area contributed by atoms with Crippen LogP contribution in [0.15, 0.2) is 43.0 Å². The summed E-state index contributed by atoms with van der Waals surface area (Å²) in [6, 6.07) is 8.87. The summed E-state index contributed by atoms with van der Waals surface area (Å²) >= 11 is 0. The zero-order chi connectivity index (χ0) is 14.1. The topological polar surface area (TPSA) is 44.8 Å². The standard InChI is InChI=1S/C14H21O4P/c1-4-5-11-16-19(15,17-12-13(2)3)18-14-9-7-6-8-10-14/h4,6-10,13H,1,5,11-12H2,2-3H3. The lowest BCUT2D eigenvalue weighted by Gasteiger charge is -2.19. The van der Waals surface area contributed by atoms with Crippen LogP contribution in [-0.2, 0) is 13.6 Å². The maximum absolute atomic E-state index is 12.5. The molecule has 1 aromatic rings. The van der Waals surface area contributed by atoms with Crippen LogP contribution in [0.2, 0.25) is 0 Å². The van der Waals surface area contributed by atoms with Crippen molar-refractivity contribution in [2.45, 2.75) is 20.3 Å². The third-order valence-electron chi connectivity index (χ3n) is 2.10. The molecular weight excluding hydrogens is 263 g/mol. The molecule has 0 spiro atoms. The molecule has 0 bridgehead atoms. The fourth-order valence-electron chi connectivity index (χ4n) is 1.19. The van der Waals surface area contributed by atoms with Gasteiger partial charge in [0.15, 0.2) is 0 Å². The van der Waals surface area contributed by atoms with Gasteiger partial charge in [-0.25, -0.2) is 4.57 Å². The molecule has 0 saturated heterocycles. The van der Waals surface area contributed by atoms with Crippen LogP contribution in [0, 0.1) is 5.92 Å². The number of para-hydroxylation sites is 1. The van der Waals surface area contributed by atoms with E-state index in [4.69, 9.17) is 13.6 Å². The average Bonchev–Trinajstić information content (AvgIpc) is 2.38. The SMILES string of the molecule is C=CCCOP(=O)(OCC(C)C)Oc1ccccc1. The highest BCUT2D eigenvalue weighted by Crippen LogP contribution is 2.49. The monoisotopic (exact) mass is 284 g/mol. The minimum absolute atomic E-state index is 0.246. The van der Waals surface area contributed by atoms with Crippen molar-refractivity contribution in [2.24, 2.45) is 5.92 Å². The Morgan fingerprint density at radius 1 is 1.26 bits per heavy atom. The summed E-state index contributed by atoms with van der Waals surface area (Å²) < 4.78 is 28.4. The molecule has 1 rings (SSSR count). The molecule has 0 fully saturated rings. The van der Waals surface area contributed by atoms with Crippen LogP contribution in [0.1, 0.15) is 20.3 Å². The molecule has 0 N–H and O–H groups in total. The van der Waals surface area contributed by atoms with E-state index >= 15 is 0 Å². The maximum atomic E-state index is 12.5. The maximum Gasteiger partial charge on any atom is 0.530 e. The molecule has 1 unspecified atom stereocenters. The van der Waals surface area contributed by atoms with Gasteiger partial charge in [-0.2, -0.15) is 0 Å². The molecule has 0 aliphatic heterocycles. The van der Waals surface area contributed by atoms with Gasteiger partial charge in [-0.05, 0) is 24.5 Å². The van der Waals surface area contributed by atoms with Crippen molar-refractivity contribution in [1.29, 1.82) is 0 Å². The van der Waals surface area contributed by atoms with Crippen molar-refractivity contribution in [1.82, 2.24) is 0 Å². The predicted octanol–water partition coefficient (Wildman–Crippen LogP) is 4.44. The molecule has 1 atom stereocenters. The quantitative estimate of drug-likeness (QED) is 0.382. The van der Waals surface area contributed by atoms with E-state index in [1.54, 1.807) is 30.3 Å². The Hall–Kier alpha value is -1.09. The first-order chi connectivity index (χ1) is 9.06. The average molecular weight is 284 g/mol. The van der Waals surface area contributed by atoms with Gasteiger partial charge < -0.3 is 4.52 Å². The Bertz CT molecular complexity index is 417. The Labute approximate surface area is 115 Å². The van der Waals surface area contributed by atoms with Crippen molar-refractivity contribution in [2.75, 3.05) is 13.2 Å². The number of rotatable bonds is 9. The first-order valence-corrected chi connectivity index (χ1v) is 7.76. The molecule has 0 heterocycles. The minimum Gasteiger partial charge on any atom is -0.404 e. The lowest BCUT2D eigenvalue weighted by Crippen LogP contribution is -2.07. The second kappa shape index (κ2) is 8.16. The number of phosphoric ester groups is 1. The van der Waals surface area contributed by atoms with E-state index in [1.807, 2.05) is 19.9 Å². The zero-order valence-electron chi connectivity index (χ0n) is 11.5.